The predicted octanol–water partition coefficient (Wildman–Crippen LogP) is 1.99. The van der Waals surface area contributed by atoms with Gasteiger partial charge < -0.3 is 4.90 Å². The zero-order chi connectivity index (χ0) is 9.71. The van der Waals surface area contributed by atoms with Crippen LogP contribution >= 0.6 is 0 Å². The van der Waals surface area contributed by atoms with Crippen LogP contribution in [0.2, 0.25) is 0 Å². The van der Waals surface area contributed by atoms with Crippen molar-refractivity contribution in [1.82, 2.24) is 4.98 Å². The Balaban J connectivity index is 1.91. The lowest BCUT2D eigenvalue weighted by Gasteiger charge is -2.20. The van der Waals surface area contributed by atoms with E-state index in [9.17, 15) is 4.39 Å². The van der Waals surface area contributed by atoms with Crippen LogP contribution < -0.4 is 4.90 Å². The van der Waals surface area contributed by atoms with Gasteiger partial charge in [0.2, 0.25) is 5.95 Å². The van der Waals surface area contributed by atoms with E-state index < -0.39 is 0 Å². The van der Waals surface area contributed by atoms with Crippen LogP contribution in [0.3, 0.4) is 0 Å². The second-order valence-electron chi connectivity index (χ2n) is 4.48. The van der Waals surface area contributed by atoms with E-state index in [1.165, 1.54) is 6.42 Å². The van der Waals surface area contributed by atoms with Crippen LogP contribution in [0.4, 0.5) is 10.1 Å². The Kier molecular flexibility index (Phi) is 1.58. The van der Waals surface area contributed by atoms with Gasteiger partial charge in [0.25, 0.3) is 0 Å². The SMILES string of the molecule is Cc1cnc(F)c(N2CC3CC3C2)c1. The molecule has 0 spiro atoms. The van der Waals surface area contributed by atoms with Gasteiger partial charge in [0.05, 0.1) is 5.69 Å². The first-order chi connectivity index (χ1) is 6.74. The number of hydrogen-bond donors (Lipinski definition) is 0. The zero-order valence-electron chi connectivity index (χ0n) is 8.20. The number of aromatic nitrogens is 1. The third-order valence-corrected chi connectivity index (χ3v) is 3.28. The molecule has 0 N–H and O–H groups in total. The van der Waals surface area contributed by atoms with E-state index in [0.717, 1.165) is 30.5 Å². The second-order valence-corrected chi connectivity index (χ2v) is 4.48. The molecular weight excluding hydrogens is 179 g/mol. The molecule has 0 amide bonds. The van der Waals surface area contributed by atoms with Gasteiger partial charge in [-0.25, -0.2) is 4.98 Å². The molecule has 2 aliphatic rings. The molecule has 2 fully saturated rings. The molecule has 3 rings (SSSR count). The molecule has 1 saturated carbocycles. The van der Waals surface area contributed by atoms with Gasteiger partial charge in [0.15, 0.2) is 0 Å². The quantitative estimate of drug-likeness (QED) is 0.632. The van der Waals surface area contributed by atoms with Crippen LogP contribution in [-0.4, -0.2) is 18.1 Å². The van der Waals surface area contributed by atoms with Crippen molar-refractivity contribution in [3.63, 3.8) is 0 Å². The monoisotopic (exact) mass is 192 g/mol. The minimum absolute atomic E-state index is 0.322. The maximum absolute atomic E-state index is 13.4. The Morgan fingerprint density at radius 2 is 2.14 bits per heavy atom. The van der Waals surface area contributed by atoms with Crippen LogP contribution in [0, 0.1) is 24.7 Å². The van der Waals surface area contributed by atoms with Crippen LogP contribution in [0.15, 0.2) is 12.3 Å². The first-order valence-electron chi connectivity index (χ1n) is 5.11. The van der Waals surface area contributed by atoms with Crippen LogP contribution in [0.1, 0.15) is 12.0 Å². The highest BCUT2D eigenvalue weighted by molar-refractivity contribution is 5.49. The van der Waals surface area contributed by atoms with Gasteiger partial charge in [-0.2, -0.15) is 4.39 Å². The number of halogens is 1. The number of nitrogens with zero attached hydrogens (tertiary/aromatic N) is 2. The predicted molar refractivity (Wildman–Crippen MR) is 52.7 cm³/mol. The molecule has 14 heavy (non-hydrogen) atoms. The fourth-order valence-electron chi connectivity index (χ4n) is 2.35. The summed E-state index contributed by atoms with van der Waals surface area (Å²) in [5, 5.41) is 0. The maximum atomic E-state index is 13.4. The summed E-state index contributed by atoms with van der Waals surface area (Å²) >= 11 is 0. The number of anilines is 1. The smallest absolute Gasteiger partial charge is 0.236 e. The molecule has 0 radical (unpaired) electrons. The lowest BCUT2D eigenvalue weighted by atomic mass is 10.2. The van der Waals surface area contributed by atoms with E-state index in [1.54, 1.807) is 6.20 Å². The average molecular weight is 192 g/mol. The van der Waals surface area contributed by atoms with Crippen LogP contribution in [0.5, 0.6) is 0 Å². The van der Waals surface area contributed by atoms with Gasteiger partial charge >= 0.3 is 0 Å². The van der Waals surface area contributed by atoms with Crippen molar-refractivity contribution in [2.75, 3.05) is 18.0 Å². The molecule has 1 saturated heterocycles. The third kappa shape index (κ3) is 1.19. The third-order valence-electron chi connectivity index (χ3n) is 3.28. The van der Waals surface area contributed by atoms with Gasteiger partial charge in [-0.3, -0.25) is 0 Å². The highest BCUT2D eigenvalue weighted by Crippen LogP contribution is 2.46. The largest absolute Gasteiger partial charge is 0.367 e. The first-order valence-corrected chi connectivity index (χ1v) is 5.11. The number of fused-ring (bicyclic) bond motifs is 1. The summed E-state index contributed by atoms with van der Waals surface area (Å²) in [4.78, 5) is 5.89. The Labute approximate surface area is 82.8 Å². The molecule has 0 bridgehead atoms. The van der Waals surface area contributed by atoms with Crippen molar-refractivity contribution < 1.29 is 4.39 Å². The minimum Gasteiger partial charge on any atom is -0.367 e. The molecule has 1 aromatic heterocycles. The van der Waals surface area contributed by atoms with E-state index in [0.29, 0.717) is 5.69 Å². The van der Waals surface area contributed by atoms with Crippen molar-refractivity contribution in [3.05, 3.63) is 23.8 Å². The number of hydrogen-bond acceptors (Lipinski definition) is 2. The Hall–Kier alpha value is -1.12. The van der Waals surface area contributed by atoms with Gasteiger partial charge in [-0.1, -0.05) is 0 Å². The molecule has 2 heterocycles. The average Bonchev–Trinajstić information content (AvgIpc) is 2.78. The molecule has 2 unspecified atom stereocenters. The first kappa shape index (κ1) is 8.21. The number of rotatable bonds is 1. The van der Waals surface area contributed by atoms with Crippen molar-refractivity contribution in [2.45, 2.75) is 13.3 Å². The Bertz CT molecular complexity index is 368. The van der Waals surface area contributed by atoms with Gasteiger partial charge in [0, 0.05) is 19.3 Å². The van der Waals surface area contributed by atoms with Crippen molar-refractivity contribution in [3.8, 4) is 0 Å². The summed E-state index contributed by atoms with van der Waals surface area (Å²) in [6.45, 7) is 3.99. The fourth-order valence-corrected chi connectivity index (χ4v) is 2.35. The number of piperidine rings is 1. The van der Waals surface area contributed by atoms with Crippen molar-refractivity contribution in [1.29, 1.82) is 0 Å². The molecule has 1 aliphatic carbocycles. The van der Waals surface area contributed by atoms with Gasteiger partial charge in [-0.15, -0.1) is 0 Å². The molecule has 74 valence electrons. The van der Waals surface area contributed by atoms with E-state index in [1.807, 2.05) is 13.0 Å². The molecular formula is C11H13FN2. The Morgan fingerprint density at radius 1 is 1.43 bits per heavy atom. The molecule has 0 aromatic carbocycles. The topological polar surface area (TPSA) is 16.1 Å². The second kappa shape index (κ2) is 2.69. The van der Waals surface area contributed by atoms with Crippen molar-refractivity contribution in [2.24, 2.45) is 11.8 Å². The summed E-state index contributed by atoms with van der Waals surface area (Å²) in [6.07, 6.45) is 2.92. The minimum atomic E-state index is -0.322. The van der Waals surface area contributed by atoms with Crippen molar-refractivity contribution >= 4 is 5.69 Å². The summed E-state index contributed by atoms with van der Waals surface area (Å²) in [6, 6.07) is 1.90. The molecule has 3 heteroatoms. The van der Waals surface area contributed by atoms with E-state index >= 15 is 0 Å². The van der Waals surface area contributed by atoms with Crippen LogP contribution in [0.25, 0.3) is 0 Å². The van der Waals surface area contributed by atoms with E-state index in [4.69, 9.17) is 0 Å². The fraction of sp³-hybridized carbons (Fsp3) is 0.545. The lowest BCUT2D eigenvalue weighted by Crippen LogP contribution is -2.23. The molecule has 1 aliphatic heterocycles. The zero-order valence-corrected chi connectivity index (χ0v) is 8.20. The van der Waals surface area contributed by atoms with E-state index in [-0.39, 0.29) is 5.95 Å². The van der Waals surface area contributed by atoms with Crippen LogP contribution in [-0.2, 0) is 0 Å². The molecule has 2 nitrogen and oxygen atoms in total. The van der Waals surface area contributed by atoms with Gasteiger partial charge in [-0.05, 0) is 36.8 Å². The van der Waals surface area contributed by atoms with E-state index in [2.05, 4.69) is 9.88 Å². The summed E-state index contributed by atoms with van der Waals surface area (Å²) in [7, 11) is 0. The Morgan fingerprint density at radius 3 is 2.86 bits per heavy atom. The summed E-state index contributed by atoms with van der Waals surface area (Å²) in [5.41, 5.74) is 1.72. The highest BCUT2D eigenvalue weighted by atomic mass is 19.1. The normalized spacial score (nSPS) is 29.1. The summed E-state index contributed by atoms with van der Waals surface area (Å²) in [5.74, 6) is 1.33. The maximum Gasteiger partial charge on any atom is 0.236 e. The standard InChI is InChI=1S/C11H13FN2/c1-7-2-10(11(12)13-4-7)14-5-8-3-9(8)6-14/h2,4,8-9H,3,5-6H2,1H3. The number of pyridine rings is 1. The highest BCUT2D eigenvalue weighted by Gasteiger charge is 2.45. The molecule has 1 aromatic rings. The molecule has 2 atom stereocenters. The summed E-state index contributed by atoms with van der Waals surface area (Å²) < 4.78 is 13.4. The number of aryl methyl sites for hydroxylation is 1. The van der Waals surface area contributed by atoms with Gasteiger partial charge in [0.1, 0.15) is 0 Å². The lowest BCUT2D eigenvalue weighted by molar-refractivity contribution is 0.576.